The van der Waals surface area contributed by atoms with Crippen LogP contribution in [0.25, 0.3) is 0 Å². The average Bonchev–Trinajstić information content (AvgIpc) is 2.81. The SMILES string of the molecule is Nc1cc(F)ccc1C(=O)NCCn1cccn1. The summed E-state index contributed by atoms with van der Waals surface area (Å²) in [5.41, 5.74) is 5.98. The van der Waals surface area contributed by atoms with Crippen LogP contribution in [0.1, 0.15) is 10.4 Å². The number of anilines is 1. The number of benzene rings is 1. The van der Waals surface area contributed by atoms with E-state index >= 15 is 0 Å². The van der Waals surface area contributed by atoms with E-state index in [0.29, 0.717) is 13.1 Å². The zero-order chi connectivity index (χ0) is 13.0. The lowest BCUT2D eigenvalue weighted by Crippen LogP contribution is -2.28. The van der Waals surface area contributed by atoms with Crippen molar-refractivity contribution in [2.45, 2.75) is 6.54 Å². The van der Waals surface area contributed by atoms with Crippen LogP contribution in [0.3, 0.4) is 0 Å². The molecule has 6 heteroatoms. The van der Waals surface area contributed by atoms with Crippen LogP contribution < -0.4 is 11.1 Å². The summed E-state index contributed by atoms with van der Waals surface area (Å²) in [4.78, 5) is 11.8. The highest BCUT2D eigenvalue weighted by molar-refractivity contribution is 5.99. The van der Waals surface area contributed by atoms with Crippen molar-refractivity contribution in [3.63, 3.8) is 0 Å². The summed E-state index contributed by atoms with van der Waals surface area (Å²) in [7, 11) is 0. The first kappa shape index (κ1) is 12.1. The van der Waals surface area contributed by atoms with Crippen LogP contribution >= 0.6 is 0 Å². The van der Waals surface area contributed by atoms with Crippen molar-refractivity contribution in [2.75, 3.05) is 12.3 Å². The number of aromatic nitrogens is 2. The van der Waals surface area contributed by atoms with Gasteiger partial charge in [-0.1, -0.05) is 0 Å². The van der Waals surface area contributed by atoms with E-state index in [-0.39, 0.29) is 17.2 Å². The molecule has 1 aromatic heterocycles. The van der Waals surface area contributed by atoms with Crippen LogP contribution in [-0.4, -0.2) is 22.2 Å². The molecule has 1 heterocycles. The maximum Gasteiger partial charge on any atom is 0.253 e. The summed E-state index contributed by atoms with van der Waals surface area (Å²) in [6.07, 6.45) is 3.47. The molecule has 1 amide bonds. The Balaban J connectivity index is 1.91. The Hall–Kier alpha value is -2.37. The minimum atomic E-state index is -0.458. The average molecular weight is 248 g/mol. The molecule has 5 nitrogen and oxygen atoms in total. The second-order valence-corrected chi connectivity index (χ2v) is 3.76. The third-order valence-electron chi connectivity index (χ3n) is 2.44. The van der Waals surface area contributed by atoms with Crippen molar-refractivity contribution in [3.8, 4) is 0 Å². The topological polar surface area (TPSA) is 72.9 Å². The Kier molecular flexibility index (Phi) is 3.57. The number of nitrogen functional groups attached to an aromatic ring is 1. The van der Waals surface area contributed by atoms with Crippen molar-refractivity contribution in [1.82, 2.24) is 15.1 Å². The normalized spacial score (nSPS) is 10.3. The molecule has 0 fully saturated rings. The van der Waals surface area contributed by atoms with Crippen molar-refractivity contribution < 1.29 is 9.18 Å². The minimum absolute atomic E-state index is 0.131. The summed E-state index contributed by atoms with van der Waals surface area (Å²) in [5.74, 6) is -0.778. The van der Waals surface area contributed by atoms with Gasteiger partial charge in [0.2, 0.25) is 0 Å². The van der Waals surface area contributed by atoms with Crippen molar-refractivity contribution >= 4 is 11.6 Å². The first-order valence-electron chi connectivity index (χ1n) is 5.47. The van der Waals surface area contributed by atoms with Gasteiger partial charge in [-0.3, -0.25) is 9.48 Å². The summed E-state index contributed by atoms with van der Waals surface area (Å²) < 4.78 is 14.5. The fourth-order valence-corrected chi connectivity index (χ4v) is 1.55. The highest BCUT2D eigenvalue weighted by Gasteiger charge is 2.09. The number of nitrogens with one attached hydrogen (secondary N) is 1. The lowest BCUT2D eigenvalue weighted by molar-refractivity contribution is 0.0953. The van der Waals surface area contributed by atoms with Crippen molar-refractivity contribution in [3.05, 3.63) is 48.0 Å². The Morgan fingerprint density at radius 2 is 2.33 bits per heavy atom. The van der Waals surface area contributed by atoms with Gasteiger partial charge in [0, 0.05) is 24.6 Å². The zero-order valence-corrected chi connectivity index (χ0v) is 9.64. The van der Waals surface area contributed by atoms with E-state index in [1.54, 1.807) is 23.1 Å². The Labute approximate surface area is 103 Å². The fourth-order valence-electron chi connectivity index (χ4n) is 1.55. The van der Waals surface area contributed by atoms with E-state index in [4.69, 9.17) is 5.73 Å². The van der Waals surface area contributed by atoms with Crippen LogP contribution in [0.4, 0.5) is 10.1 Å². The second kappa shape index (κ2) is 5.31. The standard InChI is InChI=1S/C12H13FN4O/c13-9-2-3-10(11(14)8-9)12(18)15-5-7-17-6-1-4-16-17/h1-4,6,8H,5,7,14H2,(H,15,18). The summed E-state index contributed by atoms with van der Waals surface area (Å²) >= 11 is 0. The first-order valence-corrected chi connectivity index (χ1v) is 5.47. The molecule has 18 heavy (non-hydrogen) atoms. The van der Waals surface area contributed by atoms with E-state index < -0.39 is 5.82 Å². The van der Waals surface area contributed by atoms with Gasteiger partial charge >= 0.3 is 0 Å². The molecule has 1 aromatic carbocycles. The molecule has 0 radical (unpaired) electrons. The van der Waals surface area contributed by atoms with Gasteiger partial charge in [0.25, 0.3) is 5.91 Å². The molecular formula is C12H13FN4O. The minimum Gasteiger partial charge on any atom is -0.398 e. The first-order chi connectivity index (χ1) is 8.66. The third-order valence-corrected chi connectivity index (χ3v) is 2.44. The molecule has 3 N–H and O–H groups in total. The molecule has 0 atom stereocenters. The molecule has 94 valence electrons. The monoisotopic (exact) mass is 248 g/mol. The smallest absolute Gasteiger partial charge is 0.253 e. The predicted octanol–water partition coefficient (Wildman–Crippen LogP) is 1.03. The van der Waals surface area contributed by atoms with Crippen LogP contribution in [-0.2, 0) is 6.54 Å². The number of halogens is 1. The summed E-state index contributed by atoms with van der Waals surface area (Å²) in [6, 6.07) is 5.51. The quantitative estimate of drug-likeness (QED) is 0.794. The van der Waals surface area contributed by atoms with Gasteiger partial charge in [-0.2, -0.15) is 5.10 Å². The lowest BCUT2D eigenvalue weighted by atomic mass is 10.1. The molecular weight excluding hydrogens is 235 g/mol. The van der Waals surface area contributed by atoms with E-state index in [0.717, 1.165) is 6.07 Å². The van der Waals surface area contributed by atoms with Crippen molar-refractivity contribution in [2.24, 2.45) is 0 Å². The molecule has 0 spiro atoms. The highest BCUT2D eigenvalue weighted by atomic mass is 19.1. The number of rotatable bonds is 4. The van der Waals surface area contributed by atoms with Crippen LogP contribution in [0, 0.1) is 5.82 Å². The number of carbonyl (C=O) groups excluding carboxylic acids is 1. The van der Waals surface area contributed by atoms with Gasteiger partial charge in [0.05, 0.1) is 12.1 Å². The number of hydrogen-bond acceptors (Lipinski definition) is 3. The van der Waals surface area contributed by atoms with Gasteiger partial charge in [-0.15, -0.1) is 0 Å². The van der Waals surface area contributed by atoms with Crippen LogP contribution in [0.2, 0.25) is 0 Å². The van der Waals surface area contributed by atoms with Gasteiger partial charge < -0.3 is 11.1 Å². The van der Waals surface area contributed by atoms with Crippen molar-refractivity contribution in [1.29, 1.82) is 0 Å². The maximum absolute atomic E-state index is 12.8. The number of carbonyl (C=O) groups is 1. The van der Waals surface area contributed by atoms with E-state index in [1.165, 1.54) is 12.1 Å². The Morgan fingerprint density at radius 1 is 1.50 bits per heavy atom. The molecule has 2 rings (SSSR count). The molecule has 0 aliphatic carbocycles. The van der Waals surface area contributed by atoms with Gasteiger partial charge in [-0.25, -0.2) is 4.39 Å². The van der Waals surface area contributed by atoms with E-state index in [2.05, 4.69) is 10.4 Å². The molecule has 2 aromatic rings. The Bertz CT molecular complexity index is 539. The van der Waals surface area contributed by atoms with E-state index in [1.807, 2.05) is 0 Å². The number of amides is 1. The summed E-state index contributed by atoms with van der Waals surface area (Å²) in [5, 5.41) is 6.70. The van der Waals surface area contributed by atoms with Gasteiger partial charge in [0.1, 0.15) is 5.82 Å². The molecule has 0 aliphatic rings. The van der Waals surface area contributed by atoms with Gasteiger partial charge in [0.15, 0.2) is 0 Å². The highest BCUT2D eigenvalue weighted by Crippen LogP contribution is 2.12. The fraction of sp³-hybridized carbons (Fsp3) is 0.167. The molecule has 0 saturated carbocycles. The van der Waals surface area contributed by atoms with Crippen LogP contribution in [0.15, 0.2) is 36.7 Å². The lowest BCUT2D eigenvalue weighted by Gasteiger charge is -2.07. The van der Waals surface area contributed by atoms with Crippen LogP contribution in [0.5, 0.6) is 0 Å². The Morgan fingerprint density at radius 3 is 3.00 bits per heavy atom. The maximum atomic E-state index is 12.8. The number of hydrogen-bond donors (Lipinski definition) is 2. The zero-order valence-electron chi connectivity index (χ0n) is 9.64. The largest absolute Gasteiger partial charge is 0.398 e. The third kappa shape index (κ3) is 2.85. The second-order valence-electron chi connectivity index (χ2n) is 3.76. The van der Waals surface area contributed by atoms with Gasteiger partial charge in [-0.05, 0) is 24.3 Å². The molecule has 0 saturated heterocycles. The number of nitrogens with zero attached hydrogens (tertiary/aromatic N) is 2. The molecule has 0 aliphatic heterocycles. The molecule has 0 unspecified atom stereocenters. The molecule has 0 bridgehead atoms. The van der Waals surface area contributed by atoms with E-state index in [9.17, 15) is 9.18 Å². The predicted molar refractivity (Wildman–Crippen MR) is 65.4 cm³/mol. The summed E-state index contributed by atoms with van der Waals surface area (Å²) in [6.45, 7) is 0.997. The number of nitrogens with two attached hydrogens (primary N) is 1.